The van der Waals surface area contributed by atoms with Crippen LogP contribution in [0.4, 0.5) is 18.9 Å². The highest BCUT2D eigenvalue weighted by Gasteiger charge is 2.62. The van der Waals surface area contributed by atoms with Gasteiger partial charge in [-0.3, -0.25) is 4.57 Å². The van der Waals surface area contributed by atoms with Gasteiger partial charge in [-0.25, -0.2) is 0 Å². The lowest BCUT2D eigenvalue weighted by Gasteiger charge is -2.28. The van der Waals surface area contributed by atoms with Crippen LogP contribution in [0.5, 0.6) is 0 Å². The molecule has 0 spiro atoms. The maximum atomic E-state index is 13.6. The Morgan fingerprint density at radius 1 is 1.33 bits per heavy atom. The lowest BCUT2D eigenvalue weighted by molar-refractivity contribution is -0.247. The van der Waals surface area contributed by atoms with Crippen molar-refractivity contribution in [2.75, 3.05) is 18.5 Å². The Balaban J connectivity index is 2.63. The number of hydrogen-bond donors (Lipinski definition) is 2. The topological polar surface area (TPSA) is 67.8 Å². The Morgan fingerprint density at radius 3 is 2.42 bits per heavy atom. The molecule has 1 aromatic rings. The maximum absolute atomic E-state index is 13.6. The van der Waals surface area contributed by atoms with Crippen LogP contribution in [0.3, 0.4) is 0 Å². The van der Waals surface area contributed by atoms with Gasteiger partial charge in [-0.15, -0.1) is 0 Å². The van der Waals surface area contributed by atoms with Crippen molar-refractivity contribution in [3.63, 3.8) is 0 Å². The van der Waals surface area contributed by atoms with Crippen molar-refractivity contribution < 1.29 is 31.9 Å². The minimum atomic E-state index is -5.08. The predicted molar refractivity (Wildman–Crippen MR) is 84.0 cm³/mol. The van der Waals surface area contributed by atoms with E-state index in [9.17, 15) is 22.8 Å². The molecular formula is C14H16ClF3NO4P. The number of hydrogen-bond acceptors (Lipinski definition) is 5. The van der Waals surface area contributed by atoms with Crippen molar-refractivity contribution in [1.29, 1.82) is 0 Å². The molecular weight excluding hydrogens is 370 g/mol. The number of anilines is 1. The number of nitrogens with one attached hydrogen (secondary N) is 1. The fourth-order valence-corrected chi connectivity index (χ4v) is 4.05. The molecule has 0 saturated heterocycles. The largest absolute Gasteiger partial charge is 0.427 e. The minimum absolute atomic E-state index is 0.00465. The van der Waals surface area contributed by atoms with Crippen molar-refractivity contribution in [2.24, 2.45) is 0 Å². The summed E-state index contributed by atoms with van der Waals surface area (Å²) in [5.74, 6) is 0.668. The van der Waals surface area contributed by atoms with Crippen LogP contribution >= 0.6 is 19.2 Å². The Hall–Kier alpha value is -1.05. The van der Waals surface area contributed by atoms with Crippen LogP contribution in [0.2, 0.25) is 5.02 Å². The van der Waals surface area contributed by atoms with Gasteiger partial charge in [0.2, 0.25) is 5.60 Å². The highest BCUT2D eigenvalue weighted by atomic mass is 35.5. The molecule has 0 radical (unpaired) electrons. The van der Waals surface area contributed by atoms with Gasteiger partial charge in [0.25, 0.3) is 0 Å². The third kappa shape index (κ3) is 3.34. The normalized spacial score (nSPS) is 22.5. The first-order valence-corrected chi connectivity index (χ1v) is 9.04. The summed E-state index contributed by atoms with van der Waals surface area (Å²) in [6.45, 7) is 2.97. The Labute approximate surface area is 141 Å². The lowest BCUT2D eigenvalue weighted by Crippen LogP contribution is -2.42. The van der Waals surface area contributed by atoms with E-state index in [0.717, 1.165) is 6.07 Å². The first-order chi connectivity index (χ1) is 11.1. The van der Waals surface area contributed by atoms with Gasteiger partial charge in [0.05, 0.1) is 24.7 Å². The third-order valence-corrected chi connectivity index (χ3v) is 5.39. The molecule has 134 valence electrons. The summed E-state index contributed by atoms with van der Waals surface area (Å²) in [5.41, 5.74) is -4.60. The van der Waals surface area contributed by atoms with Gasteiger partial charge in [0.1, 0.15) is 0 Å². The van der Waals surface area contributed by atoms with Gasteiger partial charge >= 0.3 is 13.8 Å². The average Bonchev–Trinajstić information content (AvgIpc) is 2.73. The monoisotopic (exact) mass is 385 g/mol. The number of halogens is 4. The summed E-state index contributed by atoms with van der Waals surface area (Å²) in [5, 5.41) is 12.9. The Morgan fingerprint density at radius 2 is 1.92 bits per heavy atom. The molecule has 24 heavy (non-hydrogen) atoms. The summed E-state index contributed by atoms with van der Waals surface area (Å²) in [4.78, 5) is 0. The zero-order valence-corrected chi connectivity index (χ0v) is 14.5. The van der Waals surface area contributed by atoms with E-state index in [4.69, 9.17) is 20.6 Å². The molecule has 0 bridgehead atoms. The molecule has 0 fully saturated rings. The second kappa shape index (κ2) is 6.69. The number of aliphatic hydroxyl groups is 1. The van der Waals surface area contributed by atoms with Crippen LogP contribution < -0.4 is 5.32 Å². The van der Waals surface area contributed by atoms with Gasteiger partial charge < -0.3 is 19.5 Å². The molecule has 0 saturated carbocycles. The van der Waals surface area contributed by atoms with E-state index in [0.29, 0.717) is 5.82 Å². The molecule has 2 N–H and O–H groups in total. The van der Waals surface area contributed by atoms with Crippen molar-refractivity contribution in [1.82, 2.24) is 0 Å². The smallest absolute Gasteiger partial charge is 0.371 e. The highest BCUT2D eigenvalue weighted by molar-refractivity contribution is 7.57. The molecule has 0 amide bonds. The van der Waals surface area contributed by atoms with Crippen LogP contribution in [-0.2, 0) is 19.2 Å². The second-order valence-electron chi connectivity index (χ2n) is 4.94. The highest BCUT2D eigenvalue weighted by Crippen LogP contribution is 2.57. The summed E-state index contributed by atoms with van der Waals surface area (Å²) in [6, 6.07) is 3.67. The molecule has 1 heterocycles. The van der Waals surface area contributed by atoms with Gasteiger partial charge in [-0.2, -0.15) is 13.2 Å². The molecule has 1 aromatic carbocycles. The minimum Gasteiger partial charge on any atom is -0.371 e. The van der Waals surface area contributed by atoms with Crippen molar-refractivity contribution in [2.45, 2.75) is 25.6 Å². The molecule has 0 unspecified atom stereocenters. The van der Waals surface area contributed by atoms with Crippen molar-refractivity contribution in [3.8, 4) is 0 Å². The van der Waals surface area contributed by atoms with E-state index in [2.05, 4.69) is 5.32 Å². The van der Waals surface area contributed by atoms with Crippen molar-refractivity contribution >= 4 is 24.9 Å². The Kier molecular flexibility index (Phi) is 5.37. The van der Waals surface area contributed by atoms with Crippen LogP contribution in [0.1, 0.15) is 19.4 Å². The summed E-state index contributed by atoms with van der Waals surface area (Å²) in [7, 11) is -3.98. The van der Waals surface area contributed by atoms with E-state index in [1.807, 2.05) is 0 Å². The molecule has 0 aromatic heterocycles. The molecule has 5 nitrogen and oxygen atoms in total. The molecule has 2 rings (SSSR count). The third-order valence-electron chi connectivity index (χ3n) is 3.35. The van der Waals surface area contributed by atoms with E-state index < -0.39 is 30.6 Å². The van der Waals surface area contributed by atoms with Crippen LogP contribution in [-0.4, -0.2) is 24.5 Å². The molecule has 0 aliphatic carbocycles. The zero-order valence-electron chi connectivity index (χ0n) is 12.9. The number of alkyl halides is 3. The van der Waals surface area contributed by atoms with Crippen molar-refractivity contribution in [3.05, 3.63) is 40.3 Å². The number of benzene rings is 1. The first-order valence-electron chi connectivity index (χ1n) is 7.05. The van der Waals surface area contributed by atoms with Crippen LogP contribution in [0.25, 0.3) is 0 Å². The number of fused-ring (bicyclic) bond motifs is 1. The predicted octanol–water partition coefficient (Wildman–Crippen LogP) is 4.62. The molecule has 1 aliphatic rings. The fourth-order valence-electron chi connectivity index (χ4n) is 2.37. The zero-order chi connectivity index (χ0) is 18.2. The van der Waals surface area contributed by atoms with Crippen LogP contribution in [0.15, 0.2) is 29.7 Å². The number of rotatable bonds is 5. The molecule has 1 aliphatic heterocycles. The van der Waals surface area contributed by atoms with E-state index >= 15 is 0 Å². The second-order valence-corrected chi connectivity index (χ2v) is 7.23. The van der Waals surface area contributed by atoms with Gasteiger partial charge in [0.15, 0.2) is 0 Å². The van der Waals surface area contributed by atoms with Gasteiger partial charge in [0, 0.05) is 16.3 Å². The summed E-state index contributed by atoms with van der Waals surface area (Å²) < 4.78 is 63.3. The fraction of sp³-hybridized carbons (Fsp3) is 0.429. The van der Waals surface area contributed by atoms with E-state index in [1.54, 1.807) is 0 Å². The van der Waals surface area contributed by atoms with E-state index in [1.165, 1.54) is 26.0 Å². The quantitative estimate of drug-likeness (QED) is 0.724. The van der Waals surface area contributed by atoms with E-state index in [-0.39, 0.29) is 23.9 Å². The van der Waals surface area contributed by atoms with Crippen LogP contribution in [0, 0.1) is 0 Å². The standard InChI is InChI=1S/C14H16ClF3NO4P/c1-3-22-24(21,23-4-2)8-12-13(20,14(16,17)18)10-7-9(15)5-6-11(10)19-12/h5-8,19-20H,3-4H2,1-2H3/b12-8-/t13-/m1/s1. The molecule has 1 atom stereocenters. The summed E-state index contributed by atoms with van der Waals surface area (Å²) >= 11 is 5.75. The Bertz CT molecular complexity index is 700. The summed E-state index contributed by atoms with van der Waals surface area (Å²) in [6.07, 6.45) is -5.08. The van der Waals surface area contributed by atoms with Gasteiger partial charge in [-0.05, 0) is 32.0 Å². The first kappa shape index (κ1) is 19.3. The lowest BCUT2D eigenvalue weighted by atomic mass is 9.93. The maximum Gasteiger partial charge on any atom is 0.427 e. The van der Waals surface area contributed by atoms with Gasteiger partial charge in [-0.1, -0.05) is 11.6 Å². The SMILES string of the molecule is CCOP(=O)(/C=C1\Nc2ccc(Cl)cc2[C@]1(O)C(F)(F)F)OCC. The molecule has 10 heteroatoms. The average molecular weight is 386 g/mol.